The Hall–Kier alpha value is -2.60. The van der Waals surface area contributed by atoms with E-state index >= 15 is 0 Å². The molecule has 0 saturated carbocycles. The SMILES string of the molecule is CCN1CCN(c2ccc(NC(=O)Cc3cccc(OC)c3)cn2)CC1. The minimum absolute atomic E-state index is 0.0654. The topological polar surface area (TPSA) is 57.7 Å². The van der Waals surface area contributed by atoms with E-state index in [1.165, 1.54) is 0 Å². The van der Waals surface area contributed by atoms with E-state index in [9.17, 15) is 4.79 Å². The highest BCUT2D eigenvalue weighted by molar-refractivity contribution is 5.92. The number of carbonyl (C=O) groups excluding carboxylic acids is 1. The smallest absolute Gasteiger partial charge is 0.228 e. The molecule has 0 atom stereocenters. The van der Waals surface area contributed by atoms with Crippen LogP contribution in [0, 0.1) is 0 Å². The first-order valence-electron chi connectivity index (χ1n) is 9.04. The lowest BCUT2D eigenvalue weighted by atomic mass is 10.1. The Balaban J connectivity index is 1.54. The Morgan fingerprint density at radius 3 is 2.65 bits per heavy atom. The van der Waals surface area contributed by atoms with Crippen LogP contribution >= 0.6 is 0 Å². The van der Waals surface area contributed by atoms with Gasteiger partial charge in [-0.3, -0.25) is 4.79 Å². The molecule has 0 bridgehead atoms. The van der Waals surface area contributed by atoms with Crippen LogP contribution in [0.25, 0.3) is 0 Å². The highest BCUT2D eigenvalue weighted by Crippen LogP contribution is 2.17. The quantitative estimate of drug-likeness (QED) is 0.863. The molecule has 0 radical (unpaired) electrons. The zero-order valence-electron chi connectivity index (χ0n) is 15.4. The van der Waals surface area contributed by atoms with Gasteiger partial charge in [0.05, 0.1) is 25.4 Å². The zero-order valence-corrected chi connectivity index (χ0v) is 15.4. The summed E-state index contributed by atoms with van der Waals surface area (Å²) in [6, 6.07) is 11.4. The molecular weight excluding hydrogens is 328 g/mol. The summed E-state index contributed by atoms with van der Waals surface area (Å²) < 4.78 is 5.19. The fourth-order valence-electron chi connectivity index (χ4n) is 3.11. The summed E-state index contributed by atoms with van der Waals surface area (Å²) in [5.74, 6) is 1.65. The highest BCUT2D eigenvalue weighted by atomic mass is 16.5. The predicted molar refractivity (Wildman–Crippen MR) is 104 cm³/mol. The summed E-state index contributed by atoms with van der Waals surface area (Å²) in [5, 5.41) is 2.91. The molecule has 1 amide bonds. The van der Waals surface area contributed by atoms with Crippen molar-refractivity contribution >= 4 is 17.4 Å². The molecule has 6 nitrogen and oxygen atoms in total. The molecule has 1 aliphatic heterocycles. The number of anilines is 2. The van der Waals surface area contributed by atoms with Gasteiger partial charge in [0.2, 0.25) is 5.91 Å². The number of nitrogens with zero attached hydrogens (tertiary/aromatic N) is 3. The van der Waals surface area contributed by atoms with E-state index < -0.39 is 0 Å². The van der Waals surface area contributed by atoms with Crippen LogP contribution in [0.3, 0.4) is 0 Å². The number of aromatic nitrogens is 1. The number of ether oxygens (including phenoxy) is 1. The van der Waals surface area contributed by atoms with Gasteiger partial charge in [-0.25, -0.2) is 4.98 Å². The van der Waals surface area contributed by atoms with Gasteiger partial charge in [0.25, 0.3) is 0 Å². The molecule has 1 saturated heterocycles. The van der Waals surface area contributed by atoms with Crippen LogP contribution in [0.1, 0.15) is 12.5 Å². The number of likely N-dealkylation sites (N-methyl/N-ethyl adjacent to an activating group) is 1. The molecule has 2 heterocycles. The number of carbonyl (C=O) groups is 1. The van der Waals surface area contributed by atoms with Gasteiger partial charge in [0, 0.05) is 26.2 Å². The number of methoxy groups -OCH3 is 1. The first kappa shape index (κ1) is 18.2. The Kier molecular flexibility index (Phi) is 6.07. The fraction of sp³-hybridized carbons (Fsp3) is 0.400. The first-order valence-corrected chi connectivity index (χ1v) is 9.04. The van der Waals surface area contributed by atoms with Gasteiger partial charge in [-0.2, -0.15) is 0 Å². The molecule has 6 heteroatoms. The largest absolute Gasteiger partial charge is 0.497 e. The molecule has 2 aromatic rings. The van der Waals surface area contributed by atoms with E-state index in [0.29, 0.717) is 12.1 Å². The predicted octanol–water partition coefficient (Wildman–Crippen LogP) is 2.41. The van der Waals surface area contributed by atoms with Crippen LogP contribution in [-0.2, 0) is 11.2 Å². The van der Waals surface area contributed by atoms with E-state index in [4.69, 9.17) is 4.74 Å². The van der Waals surface area contributed by atoms with E-state index in [2.05, 4.69) is 27.0 Å². The Morgan fingerprint density at radius 2 is 2.00 bits per heavy atom. The molecule has 1 aromatic heterocycles. The normalized spacial score (nSPS) is 14.9. The van der Waals surface area contributed by atoms with Gasteiger partial charge in [-0.05, 0) is 36.4 Å². The first-order chi connectivity index (χ1) is 12.7. The lowest BCUT2D eigenvalue weighted by molar-refractivity contribution is -0.115. The van der Waals surface area contributed by atoms with Crippen LogP contribution in [0.2, 0.25) is 0 Å². The van der Waals surface area contributed by atoms with Crippen molar-refractivity contribution in [2.75, 3.05) is 50.1 Å². The average molecular weight is 354 g/mol. The third-order valence-electron chi connectivity index (χ3n) is 4.67. The van der Waals surface area contributed by atoms with E-state index in [0.717, 1.165) is 49.9 Å². The second-order valence-corrected chi connectivity index (χ2v) is 6.40. The summed E-state index contributed by atoms with van der Waals surface area (Å²) >= 11 is 0. The number of nitrogens with one attached hydrogen (secondary N) is 1. The molecule has 0 unspecified atom stereocenters. The van der Waals surface area contributed by atoms with E-state index in [-0.39, 0.29) is 5.91 Å². The standard InChI is InChI=1S/C20H26N4O2/c1-3-23-9-11-24(12-10-23)19-8-7-17(15-21-19)22-20(25)14-16-5-4-6-18(13-16)26-2/h4-8,13,15H,3,9-12,14H2,1-2H3,(H,22,25). The zero-order chi connectivity index (χ0) is 18.4. The molecule has 0 spiro atoms. The number of benzene rings is 1. The lowest BCUT2D eigenvalue weighted by Crippen LogP contribution is -2.46. The molecule has 138 valence electrons. The van der Waals surface area contributed by atoms with Crippen molar-refractivity contribution in [3.63, 3.8) is 0 Å². The third-order valence-corrected chi connectivity index (χ3v) is 4.67. The number of hydrogen-bond donors (Lipinski definition) is 1. The van der Waals surface area contributed by atoms with Gasteiger partial charge in [-0.15, -0.1) is 0 Å². The molecule has 3 rings (SSSR count). The van der Waals surface area contributed by atoms with Crippen molar-refractivity contribution in [3.05, 3.63) is 48.2 Å². The monoisotopic (exact) mass is 354 g/mol. The number of amides is 1. The second-order valence-electron chi connectivity index (χ2n) is 6.40. The number of rotatable bonds is 6. The molecule has 1 fully saturated rings. The van der Waals surface area contributed by atoms with Gasteiger partial charge in [-0.1, -0.05) is 19.1 Å². The number of hydrogen-bond acceptors (Lipinski definition) is 5. The van der Waals surface area contributed by atoms with E-state index in [1.807, 2.05) is 36.4 Å². The highest BCUT2D eigenvalue weighted by Gasteiger charge is 2.16. The number of piperazine rings is 1. The lowest BCUT2D eigenvalue weighted by Gasteiger charge is -2.34. The van der Waals surface area contributed by atoms with Crippen molar-refractivity contribution in [2.45, 2.75) is 13.3 Å². The maximum absolute atomic E-state index is 12.2. The molecule has 0 aliphatic carbocycles. The molecule has 26 heavy (non-hydrogen) atoms. The average Bonchev–Trinajstić information content (AvgIpc) is 2.69. The number of pyridine rings is 1. The maximum atomic E-state index is 12.2. The van der Waals surface area contributed by atoms with Crippen molar-refractivity contribution in [1.82, 2.24) is 9.88 Å². The van der Waals surface area contributed by atoms with Crippen LogP contribution in [0.5, 0.6) is 5.75 Å². The minimum Gasteiger partial charge on any atom is -0.497 e. The summed E-state index contributed by atoms with van der Waals surface area (Å²) in [5.41, 5.74) is 1.63. The minimum atomic E-state index is -0.0654. The molecule has 1 aromatic carbocycles. The summed E-state index contributed by atoms with van der Waals surface area (Å²) in [6.07, 6.45) is 2.03. The summed E-state index contributed by atoms with van der Waals surface area (Å²) in [6.45, 7) is 7.40. The maximum Gasteiger partial charge on any atom is 0.228 e. The van der Waals surface area contributed by atoms with Crippen LogP contribution in [-0.4, -0.2) is 55.6 Å². The molecular formula is C20H26N4O2. The van der Waals surface area contributed by atoms with Gasteiger partial charge in [0.1, 0.15) is 11.6 Å². The van der Waals surface area contributed by atoms with Gasteiger partial charge in [0.15, 0.2) is 0 Å². The summed E-state index contributed by atoms with van der Waals surface area (Å²) in [7, 11) is 1.62. The van der Waals surface area contributed by atoms with E-state index in [1.54, 1.807) is 13.3 Å². The van der Waals surface area contributed by atoms with Gasteiger partial charge < -0.3 is 19.9 Å². The van der Waals surface area contributed by atoms with Gasteiger partial charge >= 0.3 is 0 Å². The Morgan fingerprint density at radius 1 is 1.19 bits per heavy atom. The van der Waals surface area contributed by atoms with Crippen molar-refractivity contribution in [1.29, 1.82) is 0 Å². The third kappa shape index (κ3) is 4.73. The van der Waals surface area contributed by atoms with Crippen LogP contribution in [0.4, 0.5) is 11.5 Å². The summed E-state index contributed by atoms with van der Waals surface area (Å²) in [4.78, 5) is 21.5. The van der Waals surface area contributed by atoms with Crippen LogP contribution in [0.15, 0.2) is 42.6 Å². The van der Waals surface area contributed by atoms with Crippen LogP contribution < -0.4 is 15.0 Å². The molecule has 1 N–H and O–H groups in total. The molecule has 1 aliphatic rings. The Bertz CT molecular complexity index is 725. The van der Waals surface area contributed by atoms with Crippen molar-refractivity contribution < 1.29 is 9.53 Å². The van der Waals surface area contributed by atoms with Crippen molar-refractivity contribution in [3.8, 4) is 5.75 Å². The Labute approximate surface area is 154 Å². The fourth-order valence-corrected chi connectivity index (χ4v) is 3.11. The van der Waals surface area contributed by atoms with Crippen molar-refractivity contribution in [2.24, 2.45) is 0 Å². The second kappa shape index (κ2) is 8.67.